The molecule has 1 amide bonds. The Morgan fingerprint density at radius 2 is 2.44 bits per heavy atom. The molecular weight excluding hydrogens is 328 g/mol. The van der Waals surface area contributed by atoms with Gasteiger partial charge in [-0.1, -0.05) is 0 Å². The van der Waals surface area contributed by atoms with Crippen LogP contribution in [-0.2, 0) is 11.3 Å². The van der Waals surface area contributed by atoms with Crippen LogP contribution < -0.4 is 20.9 Å². The zero-order chi connectivity index (χ0) is 17.2. The second-order valence-electron chi connectivity index (χ2n) is 5.53. The van der Waals surface area contributed by atoms with Gasteiger partial charge in [0.25, 0.3) is 0 Å². The third-order valence-corrected chi connectivity index (χ3v) is 3.99. The maximum absolute atomic E-state index is 12.5. The number of hydrogen-bond acceptors (Lipinski definition) is 9. The Kier molecular flexibility index (Phi) is 3.99. The van der Waals surface area contributed by atoms with Crippen molar-refractivity contribution in [2.75, 3.05) is 13.7 Å². The van der Waals surface area contributed by atoms with Gasteiger partial charge in [-0.15, -0.1) is 5.10 Å². The van der Waals surface area contributed by atoms with Crippen molar-refractivity contribution in [2.24, 2.45) is 5.92 Å². The molecule has 3 N–H and O–H groups in total. The fraction of sp³-hybridized carbons (Fsp3) is 0.357. The third kappa shape index (κ3) is 3.02. The lowest BCUT2D eigenvalue weighted by Crippen LogP contribution is -2.37. The molecule has 1 aliphatic heterocycles. The first-order valence-electron chi connectivity index (χ1n) is 7.66. The van der Waals surface area contributed by atoms with Gasteiger partial charge in [0, 0.05) is 12.6 Å². The highest BCUT2D eigenvalue weighted by Crippen LogP contribution is 2.21. The van der Waals surface area contributed by atoms with E-state index < -0.39 is 0 Å². The van der Waals surface area contributed by atoms with Gasteiger partial charge in [0.15, 0.2) is 5.58 Å². The van der Waals surface area contributed by atoms with E-state index >= 15 is 0 Å². The van der Waals surface area contributed by atoms with Crippen LogP contribution >= 0.6 is 0 Å². The number of nitrogens with zero attached hydrogens (tertiary/aromatic N) is 5. The third-order valence-electron chi connectivity index (χ3n) is 3.99. The molecule has 1 fully saturated rings. The minimum absolute atomic E-state index is 0.155. The first-order chi connectivity index (χ1) is 12.2. The molecule has 0 bridgehead atoms. The van der Waals surface area contributed by atoms with Gasteiger partial charge in [-0.2, -0.15) is 0 Å². The molecule has 3 aromatic rings. The summed E-state index contributed by atoms with van der Waals surface area (Å²) in [6, 6.07) is 5.36. The largest absolute Gasteiger partial charge is 0.497 e. The van der Waals surface area contributed by atoms with Gasteiger partial charge in [-0.05, 0) is 22.6 Å². The second-order valence-corrected chi connectivity index (χ2v) is 5.53. The summed E-state index contributed by atoms with van der Waals surface area (Å²) in [5.74, 6) is 0.601. The number of oxazole rings is 1. The number of hydrazine groups is 1. The monoisotopic (exact) mass is 344 g/mol. The normalized spacial score (nSPS) is 20.0. The van der Waals surface area contributed by atoms with E-state index in [2.05, 4.69) is 36.7 Å². The molecule has 3 heterocycles. The minimum atomic E-state index is -0.368. The van der Waals surface area contributed by atoms with Gasteiger partial charge >= 0.3 is 0 Å². The average Bonchev–Trinajstić information content (AvgIpc) is 3.38. The molecule has 130 valence electrons. The summed E-state index contributed by atoms with van der Waals surface area (Å²) >= 11 is 0. The van der Waals surface area contributed by atoms with Gasteiger partial charge < -0.3 is 14.5 Å². The van der Waals surface area contributed by atoms with E-state index in [1.165, 1.54) is 11.0 Å². The van der Waals surface area contributed by atoms with Crippen molar-refractivity contribution in [3.63, 3.8) is 0 Å². The van der Waals surface area contributed by atoms with Gasteiger partial charge in [-0.25, -0.2) is 15.1 Å². The van der Waals surface area contributed by atoms with E-state index in [1.54, 1.807) is 25.3 Å². The van der Waals surface area contributed by atoms with Crippen LogP contribution in [0.5, 0.6) is 5.75 Å². The number of hydrogen-bond donors (Lipinski definition) is 3. The Hall–Kier alpha value is -3.05. The van der Waals surface area contributed by atoms with Gasteiger partial charge in [-0.3, -0.25) is 10.2 Å². The maximum atomic E-state index is 12.5. The highest BCUT2D eigenvalue weighted by molar-refractivity contribution is 5.79. The molecule has 0 spiro atoms. The van der Waals surface area contributed by atoms with Crippen molar-refractivity contribution in [3.05, 3.63) is 30.4 Å². The fourth-order valence-corrected chi connectivity index (χ4v) is 2.72. The van der Waals surface area contributed by atoms with Crippen LogP contribution in [0, 0.1) is 5.92 Å². The molecule has 0 saturated carbocycles. The molecule has 25 heavy (non-hydrogen) atoms. The highest BCUT2D eigenvalue weighted by Gasteiger charge is 2.35. The van der Waals surface area contributed by atoms with Crippen LogP contribution in [0.1, 0.15) is 12.1 Å². The van der Waals surface area contributed by atoms with Crippen LogP contribution in [-0.4, -0.2) is 44.8 Å². The van der Waals surface area contributed by atoms with Gasteiger partial charge in [0.05, 0.1) is 19.6 Å². The lowest BCUT2D eigenvalue weighted by molar-refractivity contribution is -0.125. The standard InChI is InChI=1S/C14H16N8O3/c1-24-8-2-3-11-10(4-8)18-12(25-11)6-15-14(23)9-5-16-19-13(9)22-7-17-20-21-22/h2-4,7,9,13,16,19H,5-6H2,1H3,(H,15,23). The van der Waals surface area contributed by atoms with Crippen molar-refractivity contribution in [3.8, 4) is 5.75 Å². The van der Waals surface area contributed by atoms with Crippen molar-refractivity contribution in [2.45, 2.75) is 12.7 Å². The number of amides is 1. The number of rotatable bonds is 5. The lowest BCUT2D eigenvalue weighted by atomic mass is 10.1. The SMILES string of the molecule is COc1ccc2oc(CNC(=O)C3CNNC3n3cnnn3)nc2c1. The Morgan fingerprint density at radius 3 is 3.24 bits per heavy atom. The van der Waals surface area contributed by atoms with Gasteiger partial charge in [0.1, 0.15) is 23.8 Å². The average molecular weight is 344 g/mol. The van der Waals surface area contributed by atoms with Crippen molar-refractivity contribution < 1.29 is 13.9 Å². The zero-order valence-electron chi connectivity index (χ0n) is 13.3. The first kappa shape index (κ1) is 15.5. The predicted octanol–water partition coefficient (Wildman–Crippen LogP) is -0.638. The fourth-order valence-electron chi connectivity index (χ4n) is 2.72. The summed E-state index contributed by atoms with van der Waals surface area (Å²) in [6.45, 7) is 0.649. The molecule has 11 nitrogen and oxygen atoms in total. The first-order valence-corrected chi connectivity index (χ1v) is 7.66. The summed E-state index contributed by atoms with van der Waals surface area (Å²) in [5.41, 5.74) is 7.24. The Balaban J connectivity index is 1.43. The summed E-state index contributed by atoms with van der Waals surface area (Å²) in [6.07, 6.45) is 1.10. The van der Waals surface area contributed by atoms with E-state index in [4.69, 9.17) is 9.15 Å². The topological polar surface area (TPSA) is 132 Å². The maximum Gasteiger partial charge on any atom is 0.228 e. The molecule has 0 aliphatic carbocycles. The number of aromatic nitrogens is 5. The van der Waals surface area contributed by atoms with Crippen LogP contribution in [0.25, 0.3) is 11.1 Å². The van der Waals surface area contributed by atoms with Crippen LogP contribution in [0.15, 0.2) is 28.9 Å². The van der Waals surface area contributed by atoms with Gasteiger partial charge in [0.2, 0.25) is 11.8 Å². The lowest BCUT2D eigenvalue weighted by Gasteiger charge is -2.16. The highest BCUT2D eigenvalue weighted by atomic mass is 16.5. The molecule has 1 aromatic carbocycles. The van der Waals surface area contributed by atoms with E-state index in [0.717, 1.165) is 0 Å². The number of tetrazole rings is 1. The number of carbonyl (C=O) groups is 1. The smallest absolute Gasteiger partial charge is 0.228 e. The molecule has 2 aromatic heterocycles. The van der Waals surface area contributed by atoms with Crippen LogP contribution in [0.3, 0.4) is 0 Å². The molecular formula is C14H16N8O3. The van der Waals surface area contributed by atoms with E-state index in [0.29, 0.717) is 29.3 Å². The molecule has 0 radical (unpaired) electrons. The molecule has 2 unspecified atom stereocenters. The van der Waals surface area contributed by atoms with Crippen molar-refractivity contribution in [1.29, 1.82) is 0 Å². The number of nitrogens with one attached hydrogen (secondary N) is 3. The number of fused-ring (bicyclic) bond motifs is 1. The zero-order valence-corrected chi connectivity index (χ0v) is 13.3. The Morgan fingerprint density at radius 1 is 1.52 bits per heavy atom. The summed E-state index contributed by atoms with van der Waals surface area (Å²) in [4.78, 5) is 16.8. The molecule has 1 saturated heterocycles. The summed E-state index contributed by atoms with van der Waals surface area (Å²) < 4.78 is 12.3. The van der Waals surface area contributed by atoms with E-state index in [1.807, 2.05) is 0 Å². The van der Waals surface area contributed by atoms with Crippen molar-refractivity contribution >= 4 is 17.0 Å². The summed E-state index contributed by atoms with van der Waals surface area (Å²) in [5, 5.41) is 13.8. The minimum Gasteiger partial charge on any atom is -0.497 e. The number of ether oxygens (including phenoxy) is 1. The molecule has 1 aliphatic rings. The van der Waals surface area contributed by atoms with Crippen molar-refractivity contribution in [1.82, 2.24) is 41.4 Å². The van der Waals surface area contributed by atoms with Crippen LogP contribution in [0.4, 0.5) is 0 Å². The molecule has 11 heteroatoms. The number of methoxy groups -OCH3 is 1. The van der Waals surface area contributed by atoms with Crippen LogP contribution in [0.2, 0.25) is 0 Å². The molecule has 2 atom stereocenters. The second kappa shape index (κ2) is 6.45. The molecule has 4 rings (SSSR count). The quantitative estimate of drug-likeness (QED) is 0.553. The number of benzene rings is 1. The van der Waals surface area contributed by atoms with E-state index in [9.17, 15) is 4.79 Å². The summed E-state index contributed by atoms with van der Waals surface area (Å²) in [7, 11) is 1.59. The Labute approximate surface area is 141 Å². The Bertz CT molecular complexity index is 877. The number of carbonyl (C=O) groups excluding carboxylic acids is 1. The van der Waals surface area contributed by atoms with E-state index in [-0.39, 0.29) is 24.5 Å². The predicted molar refractivity (Wildman–Crippen MR) is 83.9 cm³/mol.